The summed E-state index contributed by atoms with van der Waals surface area (Å²) in [6, 6.07) is 4.69. The molecule has 12 heteroatoms. The van der Waals surface area contributed by atoms with Crippen molar-refractivity contribution in [2.24, 2.45) is 0 Å². The number of rotatable bonds is 12. The Morgan fingerprint density at radius 3 is 2.31 bits per heavy atom. The van der Waals surface area contributed by atoms with Gasteiger partial charge in [-0.2, -0.15) is 0 Å². The fraction of sp³-hybridized carbons (Fsp3) is 0.435. The third-order valence-electron chi connectivity index (χ3n) is 5.70. The first kappa shape index (κ1) is 25.8. The van der Waals surface area contributed by atoms with E-state index in [4.69, 9.17) is 0 Å². The Kier molecular flexibility index (Phi) is 9.32. The molecule has 7 N–H and O–H groups in total. The van der Waals surface area contributed by atoms with Crippen molar-refractivity contribution in [2.75, 3.05) is 13.2 Å². The first-order valence-corrected chi connectivity index (χ1v) is 11.4. The van der Waals surface area contributed by atoms with Crippen molar-refractivity contribution in [1.29, 1.82) is 0 Å². The monoisotopic (exact) mass is 486 g/mol. The molecule has 12 nitrogen and oxygen atoms in total. The van der Waals surface area contributed by atoms with Gasteiger partial charge in [-0.25, -0.2) is 9.78 Å². The number of aliphatic carboxylic acids is 1. The number of H-pyrrole nitrogens is 1. The number of aliphatic hydroxyl groups excluding tert-OH is 1. The van der Waals surface area contributed by atoms with Crippen LogP contribution in [0.4, 0.5) is 0 Å². The number of carbonyl (C=O) groups excluding carboxylic acids is 3. The molecule has 0 radical (unpaired) electrons. The SMILES string of the molecule is O=C(O)[C@H](Cc1ccccc1)NC(=O)[C@H](Cc1cnc[nH]1)NC(=O)[C@H](CO)NC(=O)[C@@H]1CCCN1. The van der Waals surface area contributed by atoms with Crippen molar-refractivity contribution in [2.45, 2.75) is 49.9 Å². The van der Waals surface area contributed by atoms with Crippen LogP contribution in [0, 0.1) is 0 Å². The molecule has 188 valence electrons. The molecule has 0 aliphatic carbocycles. The minimum atomic E-state index is -1.28. The van der Waals surface area contributed by atoms with E-state index in [0.717, 1.165) is 12.0 Å². The zero-order valence-corrected chi connectivity index (χ0v) is 19.1. The van der Waals surface area contributed by atoms with Gasteiger partial charge in [0.2, 0.25) is 17.7 Å². The van der Waals surface area contributed by atoms with Crippen LogP contribution in [0.15, 0.2) is 42.9 Å². The first-order valence-electron chi connectivity index (χ1n) is 11.4. The molecule has 0 unspecified atom stereocenters. The maximum atomic E-state index is 13.1. The van der Waals surface area contributed by atoms with Crippen LogP contribution < -0.4 is 21.3 Å². The number of carboxylic acids is 1. The third-order valence-corrected chi connectivity index (χ3v) is 5.70. The lowest BCUT2D eigenvalue weighted by Crippen LogP contribution is -2.58. The van der Waals surface area contributed by atoms with E-state index in [1.807, 2.05) is 0 Å². The molecule has 35 heavy (non-hydrogen) atoms. The summed E-state index contributed by atoms with van der Waals surface area (Å²) in [5.74, 6) is -3.14. The number of aliphatic hydroxyl groups is 1. The van der Waals surface area contributed by atoms with E-state index < -0.39 is 54.5 Å². The van der Waals surface area contributed by atoms with Gasteiger partial charge in [-0.1, -0.05) is 30.3 Å². The average molecular weight is 487 g/mol. The molecule has 1 aliphatic heterocycles. The van der Waals surface area contributed by atoms with E-state index in [2.05, 4.69) is 31.2 Å². The van der Waals surface area contributed by atoms with Gasteiger partial charge in [-0.05, 0) is 24.9 Å². The highest BCUT2D eigenvalue weighted by Gasteiger charge is 2.31. The molecule has 3 amide bonds. The molecule has 1 aliphatic rings. The number of hydrogen-bond acceptors (Lipinski definition) is 7. The number of imidazole rings is 1. The van der Waals surface area contributed by atoms with Crippen LogP contribution in [0.3, 0.4) is 0 Å². The summed E-state index contributed by atoms with van der Waals surface area (Å²) < 4.78 is 0. The second-order valence-corrected chi connectivity index (χ2v) is 8.32. The van der Waals surface area contributed by atoms with Crippen LogP contribution in [0.25, 0.3) is 0 Å². The third kappa shape index (κ3) is 7.62. The summed E-state index contributed by atoms with van der Waals surface area (Å²) in [5.41, 5.74) is 1.25. The Morgan fingerprint density at radius 2 is 1.71 bits per heavy atom. The molecule has 2 heterocycles. The Hall–Kier alpha value is -3.77. The highest BCUT2D eigenvalue weighted by molar-refractivity contribution is 5.94. The standard InChI is InChI=1S/C23H30N6O6/c30-12-19(29-20(31)16-7-4-8-25-16)22(33)27-17(10-15-11-24-13-26-15)21(32)28-18(23(34)35)9-14-5-2-1-3-6-14/h1-3,5-6,11,13,16-19,25,30H,4,7-10,12H2,(H,24,26)(H,27,33)(H,28,32)(H,29,31)(H,34,35)/t16-,17-,18-,19-/m0/s1. The number of carboxylic acid groups (broad SMARTS) is 1. The van der Waals surface area contributed by atoms with Gasteiger partial charge < -0.3 is 36.5 Å². The Balaban J connectivity index is 1.69. The van der Waals surface area contributed by atoms with Gasteiger partial charge in [-0.3, -0.25) is 14.4 Å². The van der Waals surface area contributed by atoms with E-state index in [0.29, 0.717) is 18.7 Å². The molecule has 2 aromatic rings. The van der Waals surface area contributed by atoms with Crippen LogP contribution in [0.5, 0.6) is 0 Å². The van der Waals surface area contributed by atoms with Gasteiger partial charge in [0.1, 0.15) is 18.1 Å². The molecule has 1 saturated heterocycles. The van der Waals surface area contributed by atoms with Crippen molar-refractivity contribution >= 4 is 23.7 Å². The van der Waals surface area contributed by atoms with Gasteiger partial charge in [0.15, 0.2) is 0 Å². The van der Waals surface area contributed by atoms with Crippen LogP contribution in [0.1, 0.15) is 24.1 Å². The Bertz CT molecular complexity index is 993. The number of amides is 3. The van der Waals surface area contributed by atoms with E-state index in [1.54, 1.807) is 30.3 Å². The Morgan fingerprint density at radius 1 is 1.00 bits per heavy atom. The molecule has 0 saturated carbocycles. The van der Waals surface area contributed by atoms with Gasteiger partial charge in [0.05, 0.1) is 19.0 Å². The topological polar surface area (TPSA) is 186 Å². The minimum absolute atomic E-state index is 0.00841. The molecule has 1 aromatic heterocycles. The molecule has 1 fully saturated rings. The number of nitrogens with zero attached hydrogens (tertiary/aromatic N) is 1. The smallest absolute Gasteiger partial charge is 0.326 e. The number of benzene rings is 1. The number of carbonyl (C=O) groups is 4. The zero-order chi connectivity index (χ0) is 25.2. The summed E-state index contributed by atoms with van der Waals surface area (Å²) in [5, 5.41) is 29.8. The van der Waals surface area contributed by atoms with Crippen LogP contribution >= 0.6 is 0 Å². The summed E-state index contributed by atoms with van der Waals surface area (Å²) in [4.78, 5) is 56.8. The molecule has 0 spiro atoms. The zero-order valence-electron chi connectivity index (χ0n) is 19.1. The maximum Gasteiger partial charge on any atom is 0.326 e. The fourth-order valence-corrected chi connectivity index (χ4v) is 3.79. The molecule has 0 bridgehead atoms. The molecular formula is C23H30N6O6. The van der Waals surface area contributed by atoms with Crippen molar-refractivity contribution in [3.63, 3.8) is 0 Å². The number of aromatic amines is 1. The minimum Gasteiger partial charge on any atom is -0.480 e. The van der Waals surface area contributed by atoms with Crippen LogP contribution in [0.2, 0.25) is 0 Å². The number of aromatic nitrogens is 2. The van der Waals surface area contributed by atoms with Gasteiger partial charge in [0, 0.05) is 24.7 Å². The molecule has 3 rings (SSSR count). The largest absolute Gasteiger partial charge is 0.480 e. The summed E-state index contributed by atoms with van der Waals surface area (Å²) in [6.45, 7) is 0.0165. The molecule has 4 atom stereocenters. The quantitative estimate of drug-likeness (QED) is 0.188. The van der Waals surface area contributed by atoms with Crippen molar-refractivity contribution in [3.8, 4) is 0 Å². The summed E-state index contributed by atoms with van der Waals surface area (Å²) >= 11 is 0. The lowest BCUT2D eigenvalue weighted by molar-refractivity contribution is -0.142. The fourth-order valence-electron chi connectivity index (χ4n) is 3.79. The molecular weight excluding hydrogens is 456 g/mol. The summed E-state index contributed by atoms with van der Waals surface area (Å²) in [6.07, 6.45) is 4.37. The number of hydrogen-bond donors (Lipinski definition) is 7. The first-order chi connectivity index (χ1) is 16.9. The second-order valence-electron chi connectivity index (χ2n) is 8.32. The predicted octanol–water partition coefficient (Wildman–Crippen LogP) is -1.52. The van der Waals surface area contributed by atoms with E-state index in [-0.39, 0.29) is 12.8 Å². The van der Waals surface area contributed by atoms with E-state index in [1.165, 1.54) is 12.5 Å². The average Bonchev–Trinajstić information content (AvgIpc) is 3.56. The lowest BCUT2D eigenvalue weighted by Gasteiger charge is -2.24. The van der Waals surface area contributed by atoms with Gasteiger partial charge >= 0.3 is 5.97 Å². The van der Waals surface area contributed by atoms with Crippen molar-refractivity contribution < 1.29 is 29.4 Å². The van der Waals surface area contributed by atoms with E-state index in [9.17, 15) is 29.4 Å². The summed E-state index contributed by atoms with van der Waals surface area (Å²) in [7, 11) is 0. The Labute approximate surface area is 201 Å². The van der Waals surface area contributed by atoms with Gasteiger partial charge in [0.25, 0.3) is 0 Å². The van der Waals surface area contributed by atoms with Crippen LogP contribution in [-0.4, -0.2) is 81.2 Å². The second kappa shape index (κ2) is 12.6. The lowest BCUT2D eigenvalue weighted by atomic mass is 10.0. The predicted molar refractivity (Wildman–Crippen MR) is 124 cm³/mol. The highest BCUT2D eigenvalue weighted by Crippen LogP contribution is 2.07. The normalized spacial score (nSPS) is 17.7. The number of nitrogens with one attached hydrogen (secondary N) is 5. The highest BCUT2D eigenvalue weighted by atomic mass is 16.4. The van der Waals surface area contributed by atoms with Gasteiger partial charge in [-0.15, -0.1) is 0 Å². The van der Waals surface area contributed by atoms with Crippen molar-refractivity contribution in [3.05, 3.63) is 54.1 Å². The molecule has 1 aromatic carbocycles. The van der Waals surface area contributed by atoms with Crippen molar-refractivity contribution in [1.82, 2.24) is 31.2 Å². The maximum absolute atomic E-state index is 13.1. The van der Waals surface area contributed by atoms with E-state index >= 15 is 0 Å². The van der Waals surface area contributed by atoms with Crippen LogP contribution in [-0.2, 0) is 32.0 Å².